The van der Waals surface area contributed by atoms with Gasteiger partial charge >= 0.3 is 0 Å². The number of fused-ring (bicyclic) bond motifs is 1. The largest absolute Gasteiger partial charge is 0.497 e. The van der Waals surface area contributed by atoms with Gasteiger partial charge in [-0.1, -0.05) is 36.4 Å². The molecule has 3 aromatic carbocycles. The molecule has 0 atom stereocenters. The molecule has 0 unspecified atom stereocenters. The SMILES string of the molecule is COc1ccc(Cn2c(C)c(C3=CCN(S(=O)(=O)c4ccc(F)cc4F)CC3)c3ccccc32)cc1. The van der Waals surface area contributed by atoms with Crippen LogP contribution in [0.15, 0.2) is 77.7 Å². The van der Waals surface area contributed by atoms with Crippen molar-refractivity contribution in [2.45, 2.75) is 24.8 Å². The van der Waals surface area contributed by atoms with Crippen molar-refractivity contribution in [3.05, 3.63) is 101 Å². The number of hydrogen-bond donors (Lipinski definition) is 0. The molecule has 186 valence electrons. The molecule has 1 aliphatic heterocycles. The molecule has 0 amide bonds. The summed E-state index contributed by atoms with van der Waals surface area (Å²) in [5.41, 5.74) is 5.50. The van der Waals surface area contributed by atoms with Crippen LogP contribution in [-0.4, -0.2) is 37.5 Å². The Balaban J connectivity index is 1.47. The lowest BCUT2D eigenvalue weighted by molar-refractivity contribution is 0.414. The number of aromatic nitrogens is 1. The van der Waals surface area contributed by atoms with Gasteiger partial charge in [0.25, 0.3) is 0 Å². The second-order valence-electron chi connectivity index (χ2n) is 8.83. The number of hydrogen-bond acceptors (Lipinski definition) is 3. The Morgan fingerprint density at radius 3 is 2.42 bits per heavy atom. The van der Waals surface area contributed by atoms with Crippen LogP contribution in [0.3, 0.4) is 0 Å². The lowest BCUT2D eigenvalue weighted by Gasteiger charge is -2.26. The highest BCUT2D eigenvalue weighted by Crippen LogP contribution is 2.36. The highest BCUT2D eigenvalue weighted by molar-refractivity contribution is 7.89. The van der Waals surface area contributed by atoms with Crippen LogP contribution >= 0.6 is 0 Å². The van der Waals surface area contributed by atoms with Gasteiger partial charge in [-0.3, -0.25) is 0 Å². The molecule has 1 aromatic heterocycles. The number of ether oxygens (including phenoxy) is 1. The van der Waals surface area contributed by atoms with Crippen LogP contribution in [0.2, 0.25) is 0 Å². The average Bonchev–Trinajstić information content (AvgIpc) is 3.15. The predicted octanol–water partition coefficient (Wildman–Crippen LogP) is 5.76. The summed E-state index contributed by atoms with van der Waals surface area (Å²) in [7, 11) is -2.43. The zero-order valence-corrected chi connectivity index (χ0v) is 20.9. The molecular formula is C28H26F2N2O3S. The molecule has 0 fully saturated rings. The van der Waals surface area contributed by atoms with Crippen molar-refractivity contribution in [2.75, 3.05) is 20.2 Å². The number of nitrogens with zero attached hydrogens (tertiary/aromatic N) is 2. The van der Waals surface area contributed by atoms with E-state index >= 15 is 0 Å². The van der Waals surface area contributed by atoms with E-state index in [-0.39, 0.29) is 13.1 Å². The fourth-order valence-electron chi connectivity index (χ4n) is 4.87. The van der Waals surface area contributed by atoms with Crippen molar-refractivity contribution in [3.8, 4) is 5.75 Å². The van der Waals surface area contributed by atoms with E-state index in [4.69, 9.17) is 4.74 Å². The van der Waals surface area contributed by atoms with Gasteiger partial charge < -0.3 is 9.30 Å². The highest BCUT2D eigenvalue weighted by Gasteiger charge is 2.30. The first-order chi connectivity index (χ1) is 17.3. The predicted molar refractivity (Wildman–Crippen MR) is 136 cm³/mol. The minimum absolute atomic E-state index is 0.117. The Morgan fingerprint density at radius 1 is 1.00 bits per heavy atom. The molecule has 0 saturated carbocycles. The van der Waals surface area contributed by atoms with Gasteiger partial charge in [-0.25, -0.2) is 17.2 Å². The normalized spacial score (nSPS) is 14.7. The average molecular weight is 509 g/mol. The third-order valence-electron chi connectivity index (χ3n) is 6.74. The third-order valence-corrected chi connectivity index (χ3v) is 8.63. The van der Waals surface area contributed by atoms with Crippen molar-refractivity contribution >= 4 is 26.5 Å². The molecule has 1 aliphatic rings. The molecule has 0 aliphatic carbocycles. The van der Waals surface area contributed by atoms with Gasteiger partial charge in [0.2, 0.25) is 10.0 Å². The Hall–Kier alpha value is -3.49. The first-order valence-electron chi connectivity index (χ1n) is 11.6. The van der Waals surface area contributed by atoms with Crippen molar-refractivity contribution < 1.29 is 21.9 Å². The number of benzene rings is 3. The van der Waals surface area contributed by atoms with Gasteiger partial charge in [0.15, 0.2) is 0 Å². The van der Waals surface area contributed by atoms with Gasteiger partial charge in [-0.05, 0) is 54.8 Å². The molecule has 0 radical (unpaired) electrons. The van der Waals surface area contributed by atoms with Gasteiger partial charge in [0.05, 0.1) is 7.11 Å². The summed E-state index contributed by atoms with van der Waals surface area (Å²) >= 11 is 0. The van der Waals surface area contributed by atoms with Crippen LogP contribution in [0.25, 0.3) is 16.5 Å². The molecule has 2 heterocycles. The van der Waals surface area contributed by atoms with E-state index in [9.17, 15) is 17.2 Å². The summed E-state index contributed by atoms with van der Waals surface area (Å²) in [6.07, 6.45) is 2.38. The van der Waals surface area contributed by atoms with Crippen molar-refractivity contribution in [1.29, 1.82) is 0 Å². The topological polar surface area (TPSA) is 51.5 Å². The monoisotopic (exact) mass is 508 g/mol. The standard InChI is InChI=1S/C28H26F2N2O3S/c1-19-28(21-13-15-31(16-14-21)36(33,34)27-12-9-22(29)17-25(27)30)24-5-3-4-6-26(24)32(19)18-20-7-10-23(35-2)11-8-20/h3-13,17H,14-16,18H2,1-2H3. The fourth-order valence-corrected chi connectivity index (χ4v) is 6.30. The Morgan fingerprint density at radius 2 is 1.75 bits per heavy atom. The zero-order chi connectivity index (χ0) is 25.4. The van der Waals surface area contributed by atoms with Crippen LogP contribution in [0.5, 0.6) is 5.75 Å². The number of methoxy groups -OCH3 is 1. The molecule has 8 heteroatoms. The van der Waals surface area contributed by atoms with E-state index in [1.54, 1.807) is 7.11 Å². The lowest BCUT2D eigenvalue weighted by atomic mass is 9.97. The van der Waals surface area contributed by atoms with E-state index < -0.39 is 26.6 Å². The second kappa shape index (κ2) is 9.52. The maximum Gasteiger partial charge on any atom is 0.246 e. The second-order valence-corrected chi connectivity index (χ2v) is 10.7. The third kappa shape index (κ3) is 4.31. The number of sulfonamides is 1. The minimum Gasteiger partial charge on any atom is -0.497 e. The van der Waals surface area contributed by atoms with E-state index in [1.807, 2.05) is 42.5 Å². The van der Waals surface area contributed by atoms with Crippen LogP contribution in [0, 0.1) is 18.6 Å². The molecule has 0 saturated heterocycles. The molecule has 0 spiro atoms. The highest BCUT2D eigenvalue weighted by atomic mass is 32.2. The quantitative estimate of drug-likeness (QED) is 0.333. The van der Waals surface area contributed by atoms with Crippen molar-refractivity contribution in [1.82, 2.24) is 8.87 Å². The molecule has 4 aromatic rings. The summed E-state index contributed by atoms with van der Waals surface area (Å²) in [5.74, 6) is -1.09. The first-order valence-corrected chi connectivity index (χ1v) is 13.1. The summed E-state index contributed by atoms with van der Waals surface area (Å²) in [5, 5.41) is 1.11. The molecule has 0 N–H and O–H groups in total. The minimum atomic E-state index is -4.08. The zero-order valence-electron chi connectivity index (χ0n) is 20.0. The maximum atomic E-state index is 14.2. The fraction of sp³-hybridized carbons (Fsp3) is 0.214. The van der Waals surface area contributed by atoms with Crippen molar-refractivity contribution in [3.63, 3.8) is 0 Å². The maximum absolute atomic E-state index is 14.2. The van der Waals surface area contributed by atoms with E-state index in [0.29, 0.717) is 19.0 Å². The summed E-state index contributed by atoms with van der Waals surface area (Å²) in [6.45, 7) is 3.10. The summed E-state index contributed by atoms with van der Waals surface area (Å²) < 4.78 is 62.3. The smallest absolute Gasteiger partial charge is 0.246 e. The van der Waals surface area contributed by atoms with Crippen LogP contribution in [-0.2, 0) is 16.6 Å². The first kappa shape index (κ1) is 24.2. The van der Waals surface area contributed by atoms with Crippen LogP contribution in [0.1, 0.15) is 23.2 Å². The molecular weight excluding hydrogens is 482 g/mol. The number of para-hydroxylation sites is 1. The molecule has 5 rings (SSSR count). The summed E-state index contributed by atoms with van der Waals surface area (Å²) in [4.78, 5) is -0.506. The molecule has 0 bridgehead atoms. The lowest BCUT2D eigenvalue weighted by Crippen LogP contribution is -2.35. The van der Waals surface area contributed by atoms with Gasteiger partial charge in [0, 0.05) is 47.9 Å². The van der Waals surface area contributed by atoms with E-state index in [1.165, 1.54) is 4.31 Å². The van der Waals surface area contributed by atoms with E-state index in [0.717, 1.165) is 51.2 Å². The summed E-state index contributed by atoms with van der Waals surface area (Å²) in [6, 6.07) is 18.7. The van der Waals surface area contributed by atoms with Gasteiger partial charge in [0.1, 0.15) is 22.3 Å². The number of rotatable bonds is 6. The van der Waals surface area contributed by atoms with Gasteiger partial charge in [-0.15, -0.1) is 0 Å². The van der Waals surface area contributed by atoms with Crippen LogP contribution in [0.4, 0.5) is 8.78 Å². The number of halogens is 2. The van der Waals surface area contributed by atoms with Crippen molar-refractivity contribution in [2.24, 2.45) is 0 Å². The van der Waals surface area contributed by atoms with E-state index in [2.05, 4.69) is 23.6 Å². The Kier molecular flexibility index (Phi) is 6.40. The van der Waals surface area contributed by atoms with Gasteiger partial charge in [-0.2, -0.15) is 4.31 Å². The molecule has 5 nitrogen and oxygen atoms in total. The molecule has 36 heavy (non-hydrogen) atoms. The Bertz CT molecular complexity index is 1570. The van der Waals surface area contributed by atoms with Crippen LogP contribution < -0.4 is 4.74 Å². The Labute approximate surface area is 209 Å².